The first-order valence-corrected chi connectivity index (χ1v) is 9.13. The minimum absolute atomic E-state index is 0.119. The van der Waals surface area contributed by atoms with Crippen LogP contribution in [0.1, 0.15) is 30.0 Å². The highest BCUT2D eigenvalue weighted by Crippen LogP contribution is 2.19. The highest BCUT2D eigenvalue weighted by atomic mass is 32.2. The molecule has 8 heteroatoms. The van der Waals surface area contributed by atoms with Gasteiger partial charge in [-0.2, -0.15) is 12.7 Å². The van der Waals surface area contributed by atoms with E-state index >= 15 is 0 Å². The number of nitrogens with zero attached hydrogens (tertiary/aromatic N) is 2. The summed E-state index contributed by atoms with van der Waals surface area (Å²) in [7, 11) is -3.51. The first-order chi connectivity index (χ1) is 9.53. The molecule has 6 nitrogen and oxygen atoms in total. The second kappa shape index (κ2) is 6.95. The second-order valence-electron chi connectivity index (χ2n) is 4.95. The van der Waals surface area contributed by atoms with Gasteiger partial charge in [0.1, 0.15) is 0 Å². The molecule has 0 bridgehead atoms. The van der Waals surface area contributed by atoms with Gasteiger partial charge in [-0.25, -0.2) is 9.71 Å². The molecule has 20 heavy (non-hydrogen) atoms. The summed E-state index contributed by atoms with van der Waals surface area (Å²) in [6, 6.07) is -0.289. The van der Waals surface area contributed by atoms with Crippen molar-refractivity contribution in [2.24, 2.45) is 0 Å². The SMILES string of the molecule is Cc1nc(CCNS(=O)(=O)N2CCCCC2CO)cs1. The highest BCUT2D eigenvalue weighted by Gasteiger charge is 2.31. The fraction of sp³-hybridized carbons (Fsp3) is 0.750. The largest absolute Gasteiger partial charge is 0.395 e. The van der Waals surface area contributed by atoms with Crippen molar-refractivity contribution < 1.29 is 13.5 Å². The number of aliphatic hydroxyl groups excluding tert-OH is 1. The van der Waals surface area contributed by atoms with Gasteiger partial charge in [0, 0.05) is 30.9 Å². The predicted molar refractivity (Wildman–Crippen MR) is 78.9 cm³/mol. The zero-order valence-corrected chi connectivity index (χ0v) is 13.2. The maximum Gasteiger partial charge on any atom is 0.279 e. The molecule has 2 rings (SSSR count). The molecule has 0 radical (unpaired) electrons. The number of aliphatic hydroxyl groups is 1. The van der Waals surface area contributed by atoms with Crippen molar-refractivity contribution in [1.82, 2.24) is 14.0 Å². The molecular weight excluding hydrogens is 298 g/mol. The Kier molecular flexibility index (Phi) is 5.50. The van der Waals surface area contributed by atoms with Gasteiger partial charge in [0.2, 0.25) is 0 Å². The highest BCUT2D eigenvalue weighted by molar-refractivity contribution is 7.87. The first kappa shape index (κ1) is 15.8. The van der Waals surface area contributed by atoms with Crippen molar-refractivity contribution >= 4 is 21.5 Å². The quantitative estimate of drug-likeness (QED) is 0.807. The lowest BCUT2D eigenvalue weighted by Gasteiger charge is -2.33. The van der Waals surface area contributed by atoms with Crippen LogP contribution in [0, 0.1) is 6.92 Å². The van der Waals surface area contributed by atoms with Crippen LogP contribution in [-0.2, 0) is 16.6 Å². The standard InChI is InChI=1S/C12H21N3O3S2/c1-10-14-11(9-19-10)5-6-13-20(17,18)15-7-3-2-4-12(15)8-16/h9,12-13,16H,2-8H2,1H3. The third kappa shape index (κ3) is 3.98. The molecule has 0 aromatic carbocycles. The summed E-state index contributed by atoms with van der Waals surface area (Å²) in [4.78, 5) is 4.30. The van der Waals surface area contributed by atoms with Crippen molar-refractivity contribution in [2.45, 2.75) is 38.6 Å². The normalized spacial score (nSPS) is 21.2. The minimum atomic E-state index is -3.51. The molecule has 0 saturated carbocycles. The maximum atomic E-state index is 12.2. The van der Waals surface area contributed by atoms with Crippen LogP contribution >= 0.6 is 11.3 Å². The Balaban J connectivity index is 1.89. The molecule has 1 aromatic rings. The van der Waals surface area contributed by atoms with Gasteiger partial charge in [0.25, 0.3) is 10.2 Å². The average Bonchev–Trinajstić information content (AvgIpc) is 2.84. The van der Waals surface area contributed by atoms with Crippen molar-refractivity contribution in [3.8, 4) is 0 Å². The number of hydrogen-bond donors (Lipinski definition) is 2. The summed E-state index contributed by atoms with van der Waals surface area (Å²) < 4.78 is 28.5. The maximum absolute atomic E-state index is 12.2. The van der Waals surface area contributed by atoms with Crippen molar-refractivity contribution in [2.75, 3.05) is 19.7 Å². The molecule has 0 spiro atoms. The van der Waals surface area contributed by atoms with Crippen molar-refractivity contribution in [1.29, 1.82) is 0 Å². The van der Waals surface area contributed by atoms with Crippen LogP contribution in [0.4, 0.5) is 0 Å². The summed E-state index contributed by atoms with van der Waals surface area (Å²) in [5.74, 6) is 0. The third-order valence-corrected chi connectivity index (χ3v) is 5.91. The van der Waals surface area contributed by atoms with E-state index in [0.29, 0.717) is 19.5 Å². The average molecular weight is 319 g/mol. The summed E-state index contributed by atoms with van der Waals surface area (Å²) in [5, 5.41) is 12.2. The molecule has 2 N–H and O–H groups in total. The van der Waals surface area contributed by atoms with Crippen LogP contribution in [0.25, 0.3) is 0 Å². The number of piperidine rings is 1. The van der Waals surface area contributed by atoms with Gasteiger partial charge in [0.05, 0.1) is 17.3 Å². The van der Waals surface area contributed by atoms with Crippen molar-refractivity contribution in [3.05, 3.63) is 16.1 Å². The Morgan fingerprint density at radius 2 is 2.35 bits per heavy atom. The van der Waals surface area contributed by atoms with Crippen LogP contribution in [0.5, 0.6) is 0 Å². The Labute approximate surface area is 124 Å². The fourth-order valence-corrected chi connectivity index (χ4v) is 4.49. The smallest absolute Gasteiger partial charge is 0.279 e. The topological polar surface area (TPSA) is 82.5 Å². The predicted octanol–water partition coefficient (Wildman–Crippen LogP) is 0.675. The summed E-state index contributed by atoms with van der Waals surface area (Å²) in [6.45, 7) is 2.63. The Bertz CT molecular complexity index is 530. The van der Waals surface area contributed by atoms with Crippen molar-refractivity contribution in [3.63, 3.8) is 0 Å². The van der Waals surface area contributed by atoms with Crippen LogP contribution < -0.4 is 4.72 Å². The lowest BCUT2D eigenvalue weighted by Crippen LogP contribution is -2.50. The zero-order chi connectivity index (χ0) is 14.6. The van der Waals surface area contributed by atoms with E-state index in [4.69, 9.17) is 0 Å². The first-order valence-electron chi connectivity index (χ1n) is 6.81. The Morgan fingerprint density at radius 3 is 3.00 bits per heavy atom. The van der Waals surface area contributed by atoms with Gasteiger partial charge in [-0.05, 0) is 19.8 Å². The second-order valence-corrected chi connectivity index (χ2v) is 7.72. The summed E-state index contributed by atoms with van der Waals surface area (Å²) in [5.41, 5.74) is 0.910. The number of aryl methyl sites for hydroxylation is 1. The molecule has 1 aliphatic heterocycles. The van der Waals surface area contributed by atoms with E-state index in [2.05, 4.69) is 9.71 Å². The number of rotatable bonds is 6. The molecule has 0 aliphatic carbocycles. The molecular formula is C12H21N3O3S2. The van der Waals surface area contributed by atoms with Gasteiger partial charge in [0.15, 0.2) is 0 Å². The Morgan fingerprint density at radius 1 is 1.55 bits per heavy atom. The van der Waals surface area contributed by atoms with Gasteiger partial charge in [-0.1, -0.05) is 6.42 Å². The number of aromatic nitrogens is 1. The van der Waals surface area contributed by atoms with E-state index in [-0.39, 0.29) is 12.6 Å². The molecule has 1 unspecified atom stereocenters. The Hall–Kier alpha value is -0.540. The number of nitrogens with one attached hydrogen (secondary N) is 1. The van der Waals surface area contributed by atoms with Gasteiger partial charge >= 0.3 is 0 Å². The van der Waals surface area contributed by atoms with E-state index in [1.165, 1.54) is 4.31 Å². The summed E-state index contributed by atoms with van der Waals surface area (Å²) >= 11 is 1.56. The van der Waals surface area contributed by atoms with E-state index < -0.39 is 10.2 Å². The van der Waals surface area contributed by atoms with Crippen LogP contribution in [0.2, 0.25) is 0 Å². The van der Waals surface area contributed by atoms with Crippen LogP contribution in [0.3, 0.4) is 0 Å². The molecule has 2 heterocycles. The van der Waals surface area contributed by atoms with Gasteiger partial charge in [-0.3, -0.25) is 0 Å². The number of hydrogen-bond acceptors (Lipinski definition) is 5. The van der Waals surface area contributed by atoms with E-state index in [1.807, 2.05) is 12.3 Å². The molecule has 1 fully saturated rings. The van der Waals surface area contributed by atoms with Gasteiger partial charge < -0.3 is 5.11 Å². The molecule has 1 saturated heterocycles. The van der Waals surface area contributed by atoms with E-state index in [1.54, 1.807) is 11.3 Å². The molecule has 1 atom stereocenters. The fourth-order valence-electron chi connectivity index (χ4n) is 2.39. The molecule has 114 valence electrons. The molecule has 1 aromatic heterocycles. The van der Waals surface area contributed by atoms with Gasteiger partial charge in [-0.15, -0.1) is 11.3 Å². The van der Waals surface area contributed by atoms with Crippen LogP contribution in [0.15, 0.2) is 5.38 Å². The van der Waals surface area contributed by atoms with Crippen LogP contribution in [-0.4, -0.2) is 48.6 Å². The zero-order valence-electron chi connectivity index (χ0n) is 11.6. The lowest BCUT2D eigenvalue weighted by molar-refractivity contribution is 0.154. The minimum Gasteiger partial charge on any atom is -0.395 e. The number of thiazole rings is 1. The lowest BCUT2D eigenvalue weighted by atomic mass is 10.1. The third-order valence-electron chi connectivity index (χ3n) is 3.42. The van der Waals surface area contributed by atoms with E-state index in [0.717, 1.165) is 30.0 Å². The molecule has 0 amide bonds. The monoisotopic (exact) mass is 319 g/mol. The molecule has 1 aliphatic rings. The van der Waals surface area contributed by atoms with E-state index in [9.17, 15) is 13.5 Å². The summed E-state index contributed by atoms with van der Waals surface area (Å²) in [6.07, 6.45) is 3.13.